The summed E-state index contributed by atoms with van der Waals surface area (Å²) in [5, 5.41) is 2.03. The monoisotopic (exact) mass is 289 g/mol. The summed E-state index contributed by atoms with van der Waals surface area (Å²) in [5.41, 5.74) is 6.36. The quantitative estimate of drug-likeness (QED) is 0.692. The van der Waals surface area contributed by atoms with Crippen LogP contribution in [0.2, 0.25) is 0 Å². The fourth-order valence-corrected chi connectivity index (χ4v) is 2.83. The SMILES string of the molecule is CSc1ccccc1OCc1cc(C#CCN)cs1. The van der Waals surface area contributed by atoms with Gasteiger partial charge in [0.05, 0.1) is 6.54 Å². The van der Waals surface area contributed by atoms with Crippen LogP contribution >= 0.6 is 23.1 Å². The van der Waals surface area contributed by atoms with Crippen molar-refractivity contribution < 1.29 is 4.74 Å². The minimum atomic E-state index is 0.392. The minimum absolute atomic E-state index is 0.392. The van der Waals surface area contributed by atoms with Gasteiger partial charge < -0.3 is 10.5 Å². The molecule has 0 saturated heterocycles. The predicted molar refractivity (Wildman–Crippen MR) is 82.8 cm³/mol. The molecule has 0 aliphatic heterocycles. The van der Waals surface area contributed by atoms with Crippen LogP contribution in [0.25, 0.3) is 0 Å². The number of hydrogen-bond donors (Lipinski definition) is 1. The molecule has 0 spiro atoms. The van der Waals surface area contributed by atoms with Crippen molar-refractivity contribution in [3.8, 4) is 17.6 Å². The fourth-order valence-electron chi connectivity index (χ4n) is 1.56. The van der Waals surface area contributed by atoms with Crippen LogP contribution in [0.15, 0.2) is 40.6 Å². The maximum Gasteiger partial charge on any atom is 0.133 e. The number of benzene rings is 1. The Balaban J connectivity index is 2.00. The van der Waals surface area contributed by atoms with E-state index in [4.69, 9.17) is 10.5 Å². The van der Waals surface area contributed by atoms with Crippen molar-refractivity contribution in [1.29, 1.82) is 0 Å². The first-order valence-electron chi connectivity index (χ1n) is 5.85. The van der Waals surface area contributed by atoms with E-state index in [1.807, 2.05) is 29.8 Å². The van der Waals surface area contributed by atoms with Gasteiger partial charge in [0.1, 0.15) is 12.4 Å². The molecule has 0 bridgehead atoms. The molecule has 0 fully saturated rings. The molecule has 1 aromatic heterocycles. The largest absolute Gasteiger partial charge is 0.487 e. The van der Waals surface area contributed by atoms with Crippen LogP contribution in [0.1, 0.15) is 10.4 Å². The molecule has 98 valence electrons. The maximum atomic E-state index is 5.85. The molecule has 0 unspecified atom stereocenters. The zero-order valence-electron chi connectivity index (χ0n) is 10.7. The highest BCUT2D eigenvalue weighted by Gasteiger charge is 2.03. The van der Waals surface area contributed by atoms with Gasteiger partial charge in [-0.3, -0.25) is 0 Å². The molecule has 0 amide bonds. The van der Waals surface area contributed by atoms with Crippen molar-refractivity contribution in [1.82, 2.24) is 0 Å². The number of thioether (sulfide) groups is 1. The van der Waals surface area contributed by atoms with E-state index >= 15 is 0 Å². The van der Waals surface area contributed by atoms with Gasteiger partial charge in [0.15, 0.2) is 0 Å². The standard InChI is InChI=1S/C15H15NOS2/c1-18-15-7-3-2-6-14(15)17-10-13-9-12(11-19-13)5-4-8-16/h2-3,6-7,9,11H,8,10,16H2,1H3. The van der Waals surface area contributed by atoms with E-state index < -0.39 is 0 Å². The Labute approximate surface area is 122 Å². The number of para-hydroxylation sites is 1. The van der Waals surface area contributed by atoms with Crippen molar-refractivity contribution in [2.24, 2.45) is 5.73 Å². The normalized spacial score (nSPS) is 9.79. The highest BCUT2D eigenvalue weighted by Crippen LogP contribution is 2.28. The molecule has 2 nitrogen and oxygen atoms in total. The Morgan fingerprint density at radius 1 is 1.37 bits per heavy atom. The number of ether oxygens (including phenoxy) is 1. The summed E-state index contributed by atoms with van der Waals surface area (Å²) in [6.45, 7) is 0.968. The minimum Gasteiger partial charge on any atom is -0.487 e. The Hall–Kier alpha value is -1.41. The van der Waals surface area contributed by atoms with E-state index in [1.165, 1.54) is 0 Å². The van der Waals surface area contributed by atoms with Gasteiger partial charge in [-0.25, -0.2) is 0 Å². The van der Waals surface area contributed by atoms with Crippen LogP contribution in [-0.4, -0.2) is 12.8 Å². The first kappa shape index (κ1) is 14.0. The van der Waals surface area contributed by atoms with E-state index in [0.29, 0.717) is 13.2 Å². The molecule has 4 heteroatoms. The molecule has 2 rings (SSSR count). The van der Waals surface area contributed by atoms with Gasteiger partial charge in [0.2, 0.25) is 0 Å². The van der Waals surface area contributed by atoms with Crippen molar-refractivity contribution in [3.05, 3.63) is 46.2 Å². The molecule has 0 saturated carbocycles. The Bertz CT molecular complexity index is 595. The first-order chi connectivity index (χ1) is 9.33. The average Bonchev–Trinajstić information content (AvgIpc) is 2.91. The molecule has 19 heavy (non-hydrogen) atoms. The zero-order valence-corrected chi connectivity index (χ0v) is 12.3. The van der Waals surface area contributed by atoms with Gasteiger partial charge >= 0.3 is 0 Å². The highest BCUT2D eigenvalue weighted by atomic mass is 32.2. The van der Waals surface area contributed by atoms with Crippen molar-refractivity contribution in [3.63, 3.8) is 0 Å². The molecular formula is C15H15NOS2. The highest BCUT2D eigenvalue weighted by molar-refractivity contribution is 7.98. The van der Waals surface area contributed by atoms with Crippen LogP contribution in [-0.2, 0) is 6.61 Å². The van der Waals surface area contributed by atoms with Crippen LogP contribution < -0.4 is 10.5 Å². The third kappa shape index (κ3) is 4.03. The summed E-state index contributed by atoms with van der Waals surface area (Å²) in [5.74, 6) is 6.80. The summed E-state index contributed by atoms with van der Waals surface area (Å²) in [4.78, 5) is 2.32. The second kappa shape index (κ2) is 7.25. The number of thiophene rings is 1. The summed E-state index contributed by atoms with van der Waals surface area (Å²) in [7, 11) is 0. The predicted octanol–water partition coefficient (Wildman–Crippen LogP) is 3.36. The third-order valence-corrected chi connectivity index (χ3v) is 4.11. The molecule has 0 aliphatic carbocycles. The van der Waals surface area contributed by atoms with Gasteiger partial charge in [-0.05, 0) is 24.5 Å². The third-order valence-electron chi connectivity index (χ3n) is 2.43. The van der Waals surface area contributed by atoms with Gasteiger partial charge in [-0.1, -0.05) is 24.0 Å². The van der Waals surface area contributed by atoms with Gasteiger partial charge in [-0.2, -0.15) is 0 Å². The molecular weight excluding hydrogens is 274 g/mol. The van der Waals surface area contributed by atoms with Gasteiger partial charge in [0, 0.05) is 20.7 Å². The molecule has 0 aliphatic rings. The van der Waals surface area contributed by atoms with Crippen LogP contribution in [0.4, 0.5) is 0 Å². The number of rotatable bonds is 4. The lowest BCUT2D eigenvalue weighted by Crippen LogP contribution is -1.94. The van der Waals surface area contributed by atoms with E-state index in [-0.39, 0.29) is 0 Å². The first-order valence-corrected chi connectivity index (χ1v) is 7.96. The maximum absolute atomic E-state index is 5.85. The lowest BCUT2D eigenvalue weighted by Gasteiger charge is -2.08. The number of hydrogen-bond acceptors (Lipinski definition) is 4. The molecule has 0 atom stereocenters. The second-order valence-corrected chi connectivity index (χ2v) is 5.59. The molecule has 2 aromatic rings. The summed E-state index contributed by atoms with van der Waals surface area (Å²) in [6, 6.07) is 10.1. The summed E-state index contributed by atoms with van der Waals surface area (Å²) < 4.78 is 5.85. The van der Waals surface area contributed by atoms with Crippen LogP contribution in [0.5, 0.6) is 5.75 Å². The van der Waals surface area contributed by atoms with Crippen molar-refractivity contribution in [2.45, 2.75) is 11.5 Å². The van der Waals surface area contributed by atoms with E-state index in [9.17, 15) is 0 Å². The lowest BCUT2D eigenvalue weighted by molar-refractivity contribution is 0.302. The molecule has 0 radical (unpaired) electrons. The topological polar surface area (TPSA) is 35.2 Å². The van der Waals surface area contributed by atoms with Crippen LogP contribution in [0, 0.1) is 11.8 Å². The zero-order chi connectivity index (χ0) is 13.5. The van der Waals surface area contributed by atoms with E-state index in [2.05, 4.69) is 24.0 Å². The van der Waals surface area contributed by atoms with Gasteiger partial charge in [-0.15, -0.1) is 23.1 Å². The van der Waals surface area contributed by atoms with Crippen LogP contribution in [0.3, 0.4) is 0 Å². The molecule has 1 aromatic carbocycles. The Kier molecular flexibility index (Phi) is 5.34. The Morgan fingerprint density at radius 2 is 2.21 bits per heavy atom. The van der Waals surface area contributed by atoms with E-state index in [0.717, 1.165) is 21.1 Å². The molecule has 2 N–H and O–H groups in total. The van der Waals surface area contributed by atoms with Gasteiger partial charge in [0.25, 0.3) is 0 Å². The molecule has 1 heterocycles. The van der Waals surface area contributed by atoms with Crippen molar-refractivity contribution >= 4 is 23.1 Å². The smallest absolute Gasteiger partial charge is 0.133 e. The average molecular weight is 289 g/mol. The summed E-state index contributed by atoms with van der Waals surface area (Å²) in [6.07, 6.45) is 2.05. The second-order valence-electron chi connectivity index (χ2n) is 3.75. The van der Waals surface area contributed by atoms with Crippen molar-refractivity contribution in [2.75, 3.05) is 12.8 Å². The van der Waals surface area contributed by atoms with E-state index in [1.54, 1.807) is 23.1 Å². The lowest BCUT2D eigenvalue weighted by atomic mass is 10.3. The fraction of sp³-hybridized carbons (Fsp3) is 0.200. The Morgan fingerprint density at radius 3 is 3.00 bits per heavy atom. The number of nitrogens with two attached hydrogens (primary N) is 1. The summed E-state index contributed by atoms with van der Waals surface area (Å²) >= 11 is 3.35.